The van der Waals surface area contributed by atoms with Gasteiger partial charge in [-0.2, -0.15) is 0 Å². The second-order valence-corrected chi connectivity index (χ2v) is 9.54. The monoisotopic (exact) mass is 396 g/mol. The summed E-state index contributed by atoms with van der Waals surface area (Å²) in [4.78, 5) is 10.8. The molecule has 0 heterocycles. The number of aromatic hydroxyl groups is 1. The second-order valence-electron chi connectivity index (χ2n) is 8.13. The van der Waals surface area contributed by atoms with Crippen molar-refractivity contribution in [3.05, 3.63) is 28.8 Å². The molecular weight excluding hydrogens is 367 g/mol. The van der Waals surface area contributed by atoms with E-state index in [1.165, 1.54) is 0 Å². The first-order valence-electron chi connectivity index (χ1n) is 7.92. The summed E-state index contributed by atoms with van der Waals surface area (Å²) in [5.74, 6) is -0.602. The minimum atomic E-state index is -3.92. The summed E-state index contributed by atoms with van der Waals surface area (Å²) in [7, 11) is -3.92. The van der Waals surface area contributed by atoms with Crippen molar-refractivity contribution < 1.29 is 57.5 Å². The van der Waals surface area contributed by atoms with Crippen LogP contribution in [0.4, 0.5) is 0 Å². The van der Waals surface area contributed by atoms with E-state index >= 15 is 0 Å². The van der Waals surface area contributed by atoms with Gasteiger partial charge in [-0.3, -0.25) is 4.79 Å². The summed E-state index contributed by atoms with van der Waals surface area (Å²) in [6.07, 6.45) is 0.992. The first-order valence-corrected chi connectivity index (χ1v) is 9.74. The van der Waals surface area contributed by atoms with E-state index in [0.717, 1.165) is 16.7 Å². The van der Waals surface area contributed by atoms with Gasteiger partial charge in [0.05, 0.1) is 10.1 Å². The molecule has 0 saturated carbocycles. The van der Waals surface area contributed by atoms with Crippen molar-refractivity contribution in [3.63, 3.8) is 0 Å². The van der Waals surface area contributed by atoms with Crippen LogP contribution in [0, 0.1) is 0 Å². The van der Waals surface area contributed by atoms with E-state index in [0.29, 0.717) is 12.7 Å². The van der Waals surface area contributed by atoms with Crippen LogP contribution in [0.2, 0.25) is 0 Å². The van der Waals surface area contributed by atoms with Gasteiger partial charge < -0.3 is 14.8 Å². The molecule has 0 aliphatic heterocycles. The molecule has 0 atom stereocenters. The molecule has 0 bridgehead atoms. The molecule has 1 rings (SSSR count). The molecule has 0 amide bonds. The fourth-order valence-electron chi connectivity index (χ4n) is 2.13. The molecule has 2 N–H and O–H groups in total. The van der Waals surface area contributed by atoms with Crippen molar-refractivity contribution in [2.45, 2.75) is 65.2 Å². The molecule has 1 aromatic rings. The Morgan fingerprint density at radius 2 is 1.50 bits per heavy atom. The van der Waals surface area contributed by atoms with Crippen molar-refractivity contribution in [3.8, 4) is 5.75 Å². The zero-order valence-corrected chi connectivity index (χ0v) is 19.8. The van der Waals surface area contributed by atoms with Gasteiger partial charge in [-0.1, -0.05) is 53.7 Å². The van der Waals surface area contributed by atoms with Crippen LogP contribution in [0.5, 0.6) is 5.75 Å². The fraction of sp³-hybridized carbons (Fsp3) is 0.611. The molecule has 6 nitrogen and oxygen atoms in total. The topological polar surface area (TPSA) is 115 Å². The van der Waals surface area contributed by atoms with Gasteiger partial charge in [-0.05, 0) is 33.9 Å². The summed E-state index contributed by atoms with van der Waals surface area (Å²) in [6, 6.07) is 3.98. The number of hydrogen-bond acceptors (Lipinski definition) is 5. The number of aryl methyl sites for hydroxylation is 1. The fourth-order valence-corrected chi connectivity index (χ4v) is 2.13. The van der Waals surface area contributed by atoms with Crippen LogP contribution < -0.4 is 29.6 Å². The van der Waals surface area contributed by atoms with Crippen LogP contribution >= 0.6 is 0 Å². The first-order chi connectivity index (χ1) is 10.9. The van der Waals surface area contributed by atoms with Crippen molar-refractivity contribution >= 4 is 16.1 Å². The quantitative estimate of drug-likeness (QED) is 0.556. The van der Waals surface area contributed by atoms with Gasteiger partial charge in [-0.25, -0.2) is 8.42 Å². The Balaban J connectivity index is 0. The molecule has 0 unspecified atom stereocenters. The normalized spacial score (nSPS) is 11.8. The van der Waals surface area contributed by atoms with Crippen molar-refractivity contribution in [2.75, 3.05) is 6.26 Å². The molecule has 0 fully saturated rings. The second kappa shape index (κ2) is 10.1. The van der Waals surface area contributed by atoms with Gasteiger partial charge in [0, 0.05) is 12.7 Å². The minimum Gasteiger partial charge on any atom is -0.748 e. The number of rotatable bonds is 3. The van der Waals surface area contributed by atoms with E-state index in [2.05, 4.69) is 41.5 Å². The third-order valence-corrected chi connectivity index (χ3v) is 3.47. The van der Waals surface area contributed by atoms with Crippen LogP contribution in [-0.2, 0) is 32.2 Å². The predicted octanol–water partition coefficient (Wildman–Crippen LogP) is 0.170. The van der Waals surface area contributed by atoms with E-state index in [1.807, 2.05) is 12.1 Å². The van der Waals surface area contributed by atoms with E-state index < -0.39 is 16.1 Å². The molecule has 1 aromatic carbocycles. The maximum Gasteiger partial charge on any atom is 1.00 e. The van der Waals surface area contributed by atoms with Gasteiger partial charge in [-0.15, -0.1) is 0 Å². The van der Waals surface area contributed by atoms with Crippen molar-refractivity contribution in [1.29, 1.82) is 0 Å². The molecular formula is C18H29NaO6S. The van der Waals surface area contributed by atoms with Gasteiger partial charge in [0.15, 0.2) is 0 Å². The number of phenols is 1. The zero-order valence-electron chi connectivity index (χ0n) is 17.0. The van der Waals surface area contributed by atoms with Gasteiger partial charge >= 0.3 is 35.5 Å². The summed E-state index contributed by atoms with van der Waals surface area (Å²) < 4.78 is 27.2. The number of carbonyl (C=O) groups is 1. The molecule has 0 aromatic heterocycles. The van der Waals surface area contributed by atoms with Crippen LogP contribution in [0.1, 0.15) is 64.7 Å². The Morgan fingerprint density at radius 3 is 1.81 bits per heavy atom. The van der Waals surface area contributed by atoms with E-state index in [4.69, 9.17) is 18.1 Å². The van der Waals surface area contributed by atoms with Gasteiger partial charge in [0.2, 0.25) is 0 Å². The Kier molecular flexibility index (Phi) is 10.7. The van der Waals surface area contributed by atoms with Crippen molar-refractivity contribution in [1.82, 2.24) is 0 Å². The van der Waals surface area contributed by atoms with Crippen LogP contribution in [-0.4, -0.2) is 35.4 Å². The Labute approximate surface area is 179 Å². The molecule has 0 aliphatic rings. The van der Waals surface area contributed by atoms with Gasteiger partial charge in [0.1, 0.15) is 5.75 Å². The number of carboxylic acids is 1. The average Bonchev–Trinajstić information content (AvgIpc) is 2.32. The number of benzene rings is 1. The summed E-state index contributed by atoms with van der Waals surface area (Å²) >= 11 is 0. The Hall–Kier alpha value is -0.600. The molecule has 26 heavy (non-hydrogen) atoms. The van der Waals surface area contributed by atoms with Crippen molar-refractivity contribution in [2.24, 2.45) is 0 Å². The third-order valence-electron chi connectivity index (χ3n) is 3.47. The molecule has 8 heteroatoms. The van der Waals surface area contributed by atoms with Crippen LogP contribution in [0.15, 0.2) is 12.1 Å². The molecule has 0 aliphatic carbocycles. The average molecular weight is 396 g/mol. The first kappa shape index (κ1) is 27.6. The predicted molar refractivity (Wildman–Crippen MR) is 97.1 cm³/mol. The van der Waals surface area contributed by atoms with E-state index in [-0.39, 0.29) is 52.6 Å². The zero-order chi connectivity index (χ0) is 20.2. The maximum atomic E-state index is 10.8. The SMILES string of the molecule is CC(C)(C)c1cc(CCC(=O)O)c(O)c(C(C)(C)C)c1.CS(=O)(=O)[O-].[Na+]. The summed E-state index contributed by atoms with van der Waals surface area (Å²) in [6.45, 7) is 12.5. The number of phenolic OH excluding ortho intramolecular Hbond substituents is 1. The molecule has 0 radical (unpaired) electrons. The Bertz CT molecular complexity index is 704. The smallest absolute Gasteiger partial charge is 0.748 e. The van der Waals surface area contributed by atoms with Gasteiger partial charge in [0.25, 0.3) is 0 Å². The maximum absolute atomic E-state index is 10.8. The van der Waals surface area contributed by atoms with Crippen LogP contribution in [0.25, 0.3) is 0 Å². The Morgan fingerprint density at radius 1 is 1.08 bits per heavy atom. The third kappa shape index (κ3) is 11.2. The number of carboxylic acid groups (broad SMARTS) is 1. The number of aliphatic carboxylic acids is 1. The molecule has 0 spiro atoms. The standard InChI is InChI=1S/C17H26O3.CH4O3S.Na/c1-16(2,3)12-9-11(7-8-14(18)19)15(20)13(10-12)17(4,5)6;1-5(2,3)4;/h9-10,20H,7-8H2,1-6H3,(H,18,19);1H3,(H,2,3,4);/q;;+1/p-1. The van der Waals surface area contributed by atoms with E-state index in [9.17, 15) is 9.90 Å². The summed E-state index contributed by atoms with van der Waals surface area (Å²) in [5.41, 5.74) is 2.52. The number of hydrogen-bond donors (Lipinski definition) is 2. The largest absolute Gasteiger partial charge is 1.00 e. The summed E-state index contributed by atoms with van der Waals surface area (Å²) in [5, 5.41) is 19.3. The molecule has 0 saturated heterocycles. The van der Waals surface area contributed by atoms with E-state index in [1.54, 1.807) is 0 Å². The van der Waals surface area contributed by atoms with Crippen LogP contribution in [0.3, 0.4) is 0 Å². The minimum absolute atomic E-state index is 0. The molecule has 144 valence electrons.